The Morgan fingerprint density at radius 3 is 2.47 bits per heavy atom. The minimum absolute atomic E-state index is 0.154. The molecule has 1 aliphatic rings. The predicted octanol–water partition coefficient (Wildman–Crippen LogP) is 5.17. The zero-order valence-corrected chi connectivity index (χ0v) is 19.3. The molecule has 3 aromatic carbocycles. The summed E-state index contributed by atoms with van der Waals surface area (Å²) < 4.78 is 12.3. The maximum absolute atomic E-state index is 12.2. The van der Waals surface area contributed by atoms with Crippen LogP contribution < -0.4 is 10.1 Å². The fourth-order valence-electron chi connectivity index (χ4n) is 3.03. The van der Waals surface area contributed by atoms with Gasteiger partial charge in [0.1, 0.15) is 12.4 Å². The molecule has 7 heteroatoms. The van der Waals surface area contributed by atoms with Crippen molar-refractivity contribution in [3.05, 3.63) is 98.8 Å². The SMILES string of the molecule is CC(=O)Nc1ccc(C2=N/C(=C\c3ccc(OCc4ccccc4I)cc3)C(=O)O2)cc1. The summed E-state index contributed by atoms with van der Waals surface area (Å²) in [6, 6.07) is 22.4. The van der Waals surface area contributed by atoms with Gasteiger partial charge >= 0.3 is 5.97 Å². The van der Waals surface area contributed by atoms with Crippen molar-refractivity contribution >= 4 is 52.1 Å². The summed E-state index contributed by atoms with van der Waals surface area (Å²) >= 11 is 2.29. The fourth-order valence-corrected chi connectivity index (χ4v) is 3.57. The Kier molecular flexibility index (Phi) is 6.65. The molecule has 1 heterocycles. The molecule has 0 atom stereocenters. The molecule has 1 amide bonds. The number of cyclic esters (lactones) is 1. The topological polar surface area (TPSA) is 77.0 Å². The zero-order valence-electron chi connectivity index (χ0n) is 17.2. The number of halogens is 1. The van der Waals surface area contributed by atoms with Gasteiger partial charge in [0.2, 0.25) is 11.8 Å². The maximum atomic E-state index is 12.2. The quantitative estimate of drug-likeness (QED) is 0.267. The van der Waals surface area contributed by atoms with E-state index >= 15 is 0 Å². The summed E-state index contributed by atoms with van der Waals surface area (Å²) in [4.78, 5) is 27.7. The highest BCUT2D eigenvalue weighted by Crippen LogP contribution is 2.22. The number of ether oxygens (including phenoxy) is 2. The second kappa shape index (κ2) is 9.78. The molecule has 0 aliphatic carbocycles. The largest absolute Gasteiger partial charge is 0.489 e. The van der Waals surface area contributed by atoms with E-state index in [1.807, 2.05) is 48.5 Å². The highest BCUT2D eigenvalue weighted by Gasteiger charge is 2.24. The van der Waals surface area contributed by atoms with E-state index in [0.29, 0.717) is 17.9 Å². The molecule has 0 fully saturated rings. The number of esters is 1. The number of anilines is 1. The van der Waals surface area contributed by atoms with Crippen molar-refractivity contribution in [2.24, 2.45) is 4.99 Å². The van der Waals surface area contributed by atoms with Gasteiger partial charge in [-0.15, -0.1) is 0 Å². The lowest BCUT2D eigenvalue weighted by molar-refractivity contribution is -0.129. The molecule has 32 heavy (non-hydrogen) atoms. The van der Waals surface area contributed by atoms with Gasteiger partial charge in [-0.3, -0.25) is 4.79 Å². The monoisotopic (exact) mass is 538 g/mol. The minimum Gasteiger partial charge on any atom is -0.489 e. The van der Waals surface area contributed by atoms with E-state index in [1.54, 1.807) is 30.3 Å². The van der Waals surface area contributed by atoms with Crippen LogP contribution in [0.5, 0.6) is 5.75 Å². The number of nitrogens with one attached hydrogen (secondary N) is 1. The lowest BCUT2D eigenvalue weighted by Crippen LogP contribution is -2.07. The molecule has 0 radical (unpaired) electrons. The van der Waals surface area contributed by atoms with E-state index in [1.165, 1.54) is 6.92 Å². The van der Waals surface area contributed by atoms with Crippen LogP contribution in [0, 0.1) is 3.57 Å². The number of hydrogen-bond donors (Lipinski definition) is 1. The first-order valence-corrected chi connectivity index (χ1v) is 10.9. The molecule has 0 bridgehead atoms. The molecule has 0 aromatic heterocycles. The molecular formula is C25H19IN2O4. The molecule has 3 aromatic rings. The Morgan fingerprint density at radius 2 is 1.78 bits per heavy atom. The van der Waals surface area contributed by atoms with Crippen LogP contribution in [0.15, 0.2) is 83.5 Å². The van der Waals surface area contributed by atoms with Crippen LogP contribution in [0.4, 0.5) is 5.69 Å². The lowest BCUT2D eigenvalue weighted by Gasteiger charge is -2.08. The van der Waals surface area contributed by atoms with Gasteiger partial charge in [0.25, 0.3) is 0 Å². The Hall–Kier alpha value is -3.46. The molecule has 0 saturated heterocycles. The second-order valence-corrected chi connectivity index (χ2v) is 8.21. The van der Waals surface area contributed by atoms with Crippen LogP contribution in [0.3, 0.4) is 0 Å². The number of carbonyl (C=O) groups excluding carboxylic acids is 2. The molecule has 6 nitrogen and oxygen atoms in total. The molecule has 0 spiro atoms. The van der Waals surface area contributed by atoms with Crippen LogP contribution >= 0.6 is 22.6 Å². The second-order valence-electron chi connectivity index (χ2n) is 7.04. The van der Waals surface area contributed by atoms with Crippen molar-refractivity contribution in [2.75, 3.05) is 5.32 Å². The third-order valence-electron chi connectivity index (χ3n) is 4.61. The number of rotatable bonds is 6. The Labute approximate surface area is 199 Å². The molecule has 0 saturated carbocycles. The summed E-state index contributed by atoms with van der Waals surface area (Å²) in [6.07, 6.45) is 1.67. The highest BCUT2D eigenvalue weighted by molar-refractivity contribution is 14.1. The molecule has 1 N–H and O–H groups in total. The molecular weight excluding hydrogens is 519 g/mol. The van der Waals surface area contributed by atoms with Gasteiger partial charge in [0.05, 0.1) is 0 Å². The standard InChI is InChI=1S/C25H19IN2O4/c1-16(29)27-20-10-8-18(9-11-20)24-28-23(25(30)32-24)14-17-6-12-21(13-7-17)31-15-19-4-2-3-5-22(19)26/h2-14H,15H2,1H3,(H,27,29)/b23-14-. The molecule has 1 aliphatic heterocycles. The van der Waals surface area contributed by atoms with Crippen molar-refractivity contribution in [2.45, 2.75) is 13.5 Å². The predicted molar refractivity (Wildman–Crippen MR) is 131 cm³/mol. The van der Waals surface area contributed by atoms with Gasteiger partial charge in [-0.05, 0) is 76.7 Å². The summed E-state index contributed by atoms with van der Waals surface area (Å²) in [6.45, 7) is 1.93. The zero-order chi connectivity index (χ0) is 22.5. The Bertz CT molecular complexity index is 1220. The van der Waals surface area contributed by atoms with Crippen molar-refractivity contribution in [3.63, 3.8) is 0 Å². The molecule has 160 valence electrons. The average Bonchev–Trinajstić information content (AvgIpc) is 3.14. The van der Waals surface area contributed by atoms with Gasteiger partial charge in [0, 0.05) is 27.3 Å². The fraction of sp³-hybridized carbons (Fsp3) is 0.0800. The van der Waals surface area contributed by atoms with Gasteiger partial charge in [-0.25, -0.2) is 9.79 Å². The number of benzene rings is 3. The number of carbonyl (C=O) groups is 2. The van der Waals surface area contributed by atoms with Crippen LogP contribution in [-0.2, 0) is 20.9 Å². The van der Waals surface area contributed by atoms with Gasteiger partial charge in [-0.1, -0.05) is 30.3 Å². The van der Waals surface area contributed by atoms with Gasteiger partial charge in [-0.2, -0.15) is 0 Å². The van der Waals surface area contributed by atoms with E-state index in [0.717, 1.165) is 20.4 Å². The summed E-state index contributed by atoms with van der Waals surface area (Å²) in [5, 5.41) is 2.69. The van der Waals surface area contributed by atoms with E-state index in [2.05, 4.69) is 32.9 Å². The van der Waals surface area contributed by atoms with Gasteiger partial charge in [0.15, 0.2) is 5.70 Å². The van der Waals surface area contributed by atoms with Crippen molar-refractivity contribution in [3.8, 4) is 5.75 Å². The van der Waals surface area contributed by atoms with Crippen LogP contribution in [0.2, 0.25) is 0 Å². The molecule has 4 rings (SSSR count). The maximum Gasteiger partial charge on any atom is 0.363 e. The van der Waals surface area contributed by atoms with E-state index < -0.39 is 5.97 Å². The number of nitrogens with zero attached hydrogens (tertiary/aromatic N) is 1. The van der Waals surface area contributed by atoms with Crippen molar-refractivity contribution in [1.29, 1.82) is 0 Å². The van der Waals surface area contributed by atoms with Crippen molar-refractivity contribution in [1.82, 2.24) is 0 Å². The van der Waals surface area contributed by atoms with Crippen molar-refractivity contribution < 1.29 is 19.1 Å². The first-order valence-electron chi connectivity index (χ1n) is 9.85. The highest BCUT2D eigenvalue weighted by atomic mass is 127. The van der Waals surface area contributed by atoms with Gasteiger partial charge < -0.3 is 14.8 Å². The summed E-state index contributed by atoms with van der Waals surface area (Å²) in [5.74, 6) is 0.307. The van der Waals surface area contributed by atoms with Crippen LogP contribution in [0.25, 0.3) is 6.08 Å². The average molecular weight is 538 g/mol. The van der Waals surface area contributed by atoms with Crippen LogP contribution in [-0.4, -0.2) is 17.8 Å². The normalized spacial score (nSPS) is 14.1. The van der Waals surface area contributed by atoms with E-state index in [-0.39, 0.29) is 17.5 Å². The number of amides is 1. The summed E-state index contributed by atoms with van der Waals surface area (Å²) in [7, 11) is 0. The first-order chi connectivity index (χ1) is 15.5. The number of hydrogen-bond acceptors (Lipinski definition) is 5. The summed E-state index contributed by atoms with van der Waals surface area (Å²) in [5.41, 5.74) is 3.46. The van der Waals surface area contributed by atoms with Crippen LogP contribution in [0.1, 0.15) is 23.6 Å². The minimum atomic E-state index is -0.509. The number of aliphatic imine (C=N–C) groups is 1. The van der Waals surface area contributed by atoms with E-state index in [4.69, 9.17) is 9.47 Å². The Balaban J connectivity index is 1.44. The first kappa shape index (κ1) is 21.8. The molecule has 0 unspecified atom stereocenters. The smallest absolute Gasteiger partial charge is 0.363 e. The third kappa shape index (κ3) is 5.42. The Morgan fingerprint density at radius 1 is 1.06 bits per heavy atom. The lowest BCUT2D eigenvalue weighted by atomic mass is 10.2. The third-order valence-corrected chi connectivity index (χ3v) is 5.66. The van der Waals surface area contributed by atoms with E-state index in [9.17, 15) is 9.59 Å².